The molecule has 2 aromatic carbocycles. The van der Waals surface area contributed by atoms with Crippen molar-refractivity contribution in [2.45, 2.75) is 39.8 Å². The van der Waals surface area contributed by atoms with E-state index >= 15 is 0 Å². The van der Waals surface area contributed by atoms with Gasteiger partial charge < -0.3 is 14.8 Å². The number of amides is 1. The van der Waals surface area contributed by atoms with E-state index in [2.05, 4.69) is 5.32 Å². The zero-order valence-electron chi connectivity index (χ0n) is 15.0. The zero-order chi connectivity index (χ0) is 17.7. The standard InChI is InChI=1S/C20H25NO3/c1-14-7-6-8-17(11-14)24-13-16-12-15(9-10-18(16)23-5)19(22)21-20(2,3)4/h6-12H,13H2,1-5H3,(H,21,22). The van der Waals surface area contributed by atoms with Gasteiger partial charge in [0.25, 0.3) is 5.91 Å². The van der Waals surface area contributed by atoms with Crippen molar-refractivity contribution in [2.75, 3.05) is 7.11 Å². The number of benzene rings is 2. The molecule has 0 radical (unpaired) electrons. The lowest BCUT2D eigenvalue weighted by Crippen LogP contribution is -2.40. The van der Waals surface area contributed by atoms with Crippen molar-refractivity contribution >= 4 is 5.91 Å². The number of hydrogen-bond donors (Lipinski definition) is 1. The fourth-order valence-corrected chi connectivity index (χ4v) is 2.31. The van der Waals surface area contributed by atoms with Crippen LogP contribution in [0.5, 0.6) is 11.5 Å². The Kier molecular flexibility index (Phi) is 5.50. The Bertz CT molecular complexity index is 717. The molecule has 128 valence electrons. The molecule has 0 saturated carbocycles. The van der Waals surface area contributed by atoms with E-state index < -0.39 is 0 Å². The molecule has 0 spiro atoms. The lowest BCUT2D eigenvalue weighted by Gasteiger charge is -2.21. The van der Waals surface area contributed by atoms with Gasteiger partial charge in [0.15, 0.2) is 0 Å². The second kappa shape index (κ2) is 7.39. The lowest BCUT2D eigenvalue weighted by molar-refractivity contribution is 0.0919. The summed E-state index contributed by atoms with van der Waals surface area (Å²) in [5, 5.41) is 2.96. The fourth-order valence-electron chi connectivity index (χ4n) is 2.31. The largest absolute Gasteiger partial charge is 0.496 e. The minimum absolute atomic E-state index is 0.109. The number of aryl methyl sites for hydroxylation is 1. The van der Waals surface area contributed by atoms with Crippen LogP contribution in [0.4, 0.5) is 0 Å². The molecule has 4 nitrogen and oxygen atoms in total. The van der Waals surface area contributed by atoms with Gasteiger partial charge in [0, 0.05) is 16.7 Å². The third-order valence-electron chi connectivity index (χ3n) is 3.41. The van der Waals surface area contributed by atoms with E-state index in [1.54, 1.807) is 19.2 Å². The van der Waals surface area contributed by atoms with Crippen LogP contribution in [0, 0.1) is 6.92 Å². The van der Waals surface area contributed by atoms with E-state index in [9.17, 15) is 4.79 Å². The molecule has 0 saturated heterocycles. The number of nitrogens with one attached hydrogen (secondary N) is 1. The average Bonchev–Trinajstić information content (AvgIpc) is 2.51. The summed E-state index contributed by atoms with van der Waals surface area (Å²) in [7, 11) is 1.61. The molecule has 1 amide bonds. The Morgan fingerprint density at radius 2 is 1.88 bits per heavy atom. The van der Waals surface area contributed by atoms with Crippen LogP contribution in [0.3, 0.4) is 0 Å². The van der Waals surface area contributed by atoms with Crippen LogP contribution < -0.4 is 14.8 Å². The zero-order valence-corrected chi connectivity index (χ0v) is 15.0. The molecular formula is C20H25NO3. The molecule has 0 aliphatic heterocycles. The molecule has 2 rings (SSSR count). The van der Waals surface area contributed by atoms with Crippen molar-refractivity contribution in [1.82, 2.24) is 5.32 Å². The van der Waals surface area contributed by atoms with Crippen molar-refractivity contribution in [2.24, 2.45) is 0 Å². The van der Waals surface area contributed by atoms with Gasteiger partial charge in [-0.1, -0.05) is 12.1 Å². The van der Waals surface area contributed by atoms with Crippen molar-refractivity contribution < 1.29 is 14.3 Å². The molecule has 0 aliphatic carbocycles. The van der Waals surface area contributed by atoms with Crippen LogP contribution in [-0.4, -0.2) is 18.6 Å². The number of ether oxygens (including phenoxy) is 2. The summed E-state index contributed by atoms with van der Waals surface area (Å²) in [5.74, 6) is 1.39. The second-order valence-corrected chi connectivity index (χ2v) is 6.84. The fraction of sp³-hybridized carbons (Fsp3) is 0.350. The molecule has 0 aromatic heterocycles. The number of carbonyl (C=O) groups is 1. The smallest absolute Gasteiger partial charge is 0.251 e. The van der Waals surface area contributed by atoms with Crippen molar-refractivity contribution in [3.05, 3.63) is 59.2 Å². The molecular weight excluding hydrogens is 302 g/mol. The third kappa shape index (κ3) is 5.01. The van der Waals surface area contributed by atoms with Crippen LogP contribution in [0.2, 0.25) is 0 Å². The Balaban J connectivity index is 2.18. The highest BCUT2D eigenvalue weighted by atomic mass is 16.5. The predicted octanol–water partition coefficient (Wildman–Crippen LogP) is 4.11. The van der Waals surface area contributed by atoms with Gasteiger partial charge >= 0.3 is 0 Å². The van der Waals surface area contributed by atoms with Gasteiger partial charge in [-0.2, -0.15) is 0 Å². The minimum atomic E-state index is -0.283. The first kappa shape index (κ1) is 17.9. The SMILES string of the molecule is COc1ccc(C(=O)NC(C)(C)C)cc1COc1cccc(C)c1. The maximum atomic E-state index is 12.3. The van der Waals surface area contributed by atoms with E-state index in [1.807, 2.05) is 58.0 Å². The first-order valence-electron chi connectivity index (χ1n) is 7.97. The Morgan fingerprint density at radius 3 is 2.50 bits per heavy atom. The quantitative estimate of drug-likeness (QED) is 0.899. The highest BCUT2D eigenvalue weighted by Gasteiger charge is 2.17. The Morgan fingerprint density at radius 1 is 1.12 bits per heavy atom. The van der Waals surface area contributed by atoms with E-state index in [0.29, 0.717) is 17.9 Å². The summed E-state index contributed by atoms with van der Waals surface area (Å²) in [4.78, 5) is 12.3. The molecule has 24 heavy (non-hydrogen) atoms. The molecule has 0 aliphatic rings. The average molecular weight is 327 g/mol. The molecule has 4 heteroatoms. The van der Waals surface area contributed by atoms with Gasteiger partial charge in [-0.3, -0.25) is 4.79 Å². The topological polar surface area (TPSA) is 47.6 Å². The van der Waals surface area contributed by atoms with Crippen molar-refractivity contribution in [3.8, 4) is 11.5 Å². The monoisotopic (exact) mass is 327 g/mol. The number of hydrogen-bond acceptors (Lipinski definition) is 3. The molecule has 2 aromatic rings. The van der Waals surface area contributed by atoms with Crippen LogP contribution >= 0.6 is 0 Å². The first-order valence-corrected chi connectivity index (χ1v) is 7.97. The van der Waals surface area contributed by atoms with Crippen LogP contribution in [0.1, 0.15) is 42.3 Å². The second-order valence-electron chi connectivity index (χ2n) is 6.84. The predicted molar refractivity (Wildman–Crippen MR) is 95.7 cm³/mol. The number of rotatable bonds is 5. The van der Waals surface area contributed by atoms with Crippen molar-refractivity contribution in [3.63, 3.8) is 0 Å². The van der Waals surface area contributed by atoms with Crippen LogP contribution in [-0.2, 0) is 6.61 Å². The van der Waals surface area contributed by atoms with Gasteiger partial charge in [-0.25, -0.2) is 0 Å². The molecule has 0 atom stereocenters. The van der Waals surface area contributed by atoms with Crippen LogP contribution in [0.15, 0.2) is 42.5 Å². The van der Waals surface area contributed by atoms with Crippen molar-refractivity contribution in [1.29, 1.82) is 0 Å². The van der Waals surface area contributed by atoms with Gasteiger partial charge in [-0.05, 0) is 63.6 Å². The maximum Gasteiger partial charge on any atom is 0.251 e. The Hall–Kier alpha value is -2.49. The highest BCUT2D eigenvalue weighted by molar-refractivity contribution is 5.95. The molecule has 0 fully saturated rings. The first-order chi connectivity index (χ1) is 11.3. The summed E-state index contributed by atoms with van der Waals surface area (Å²) < 4.78 is 11.2. The van der Waals surface area contributed by atoms with E-state index in [4.69, 9.17) is 9.47 Å². The van der Waals surface area contributed by atoms with E-state index in [1.165, 1.54) is 0 Å². The number of methoxy groups -OCH3 is 1. The summed E-state index contributed by atoms with van der Waals surface area (Å²) in [6.45, 7) is 8.22. The van der Waals surface area contributed by atoms with Gasteiger partial charge in [-0.15, -0.1) is 0 Å². The van der Waals surface area contributed by atoms with Gasteiger partial charge in [0.1, 0.15) is 18.1 Å². The van der Waals surface area contributed by atoms with E-state index in [0.717, 1.165) is 16.9 Å². The van der Waals surface area contributed by atoms with Gasteiger partial charge in [0.2, 0.25) is 0 Å². The summed E-state index contributed by atoms with van der Waals surface area (Å²) in [6, 6.07) is 13.2. The molecule has 0 bridgehead atoms. The molecule has 0 unspecified atom stereocenters. The molecule has 0 heterocycles. The Labute approximate surface area is 143 Å². The molecule has 1 N–H and O–H groups in total. The summed E-state index contributed by atoms with van der Waals surface area (Å²) >= 11 is 0. The summed E-state index contributed by atoms with van der Waals surface area (Å²) in [5.41, 5.74) is 2.28. The summed E-state index contributed by atoms with van der Waals surface area (Å²) in [6.07, 6.45) is 0. The van der Waals surface area contributed by atoms with Crippen LogP contribution in [0.25, 0.3) is 0 Å². The van der Waals surface area contributed by atoms with Gasteiger partial charge in [0.05, 0.1) is 7.11 Å². The normalized spacial score (nSPS) is 11.0. The highest BCUT2D eigenvalue weighted by Crippen LogP contribution is 2.23. The maximum absolute atomic E-state index is 12.3. The van der Waals surface area contributed by atoms with E-state index in [-0.39, 0.29) is 11.4 Å². The lowest BCUT2D eigenvalue weighted by atomic mass is 10.1. The number of carbonyl (C=O) groups excluding carboxylic acids is 1. The minimum Gasteiger partial charge on any atom is -0.496 e. The third-order valence-corrected chi connectivity index (χ3v) is 3.41.